The first kappa shape index (κ1) is 11.0. The monoisotopic (exact) mass is 238 g/mol. The first-order chi connectivity index (χ1) is 8.79. The molecule has 1 aromatic carbocycles. The number of aryl methyl sites for hydroxylation is 1. The molecule has 1 aliphatic carbocycles. The highest BCUT2D eigenvalue weighted by Gasteiger charge is 2.24. The highest BCUT2D eigenvalue weighted by Crippen LogP contribution is 2.27. The Morgan fingerprint density at radius 1 is 1.33 bits per heavy atom. The van der Waals surface area contributed by atoms with Crippen molar-refractivity contribution < 1.29 is 4.79 Å². The smallest absolute Gasteiger partial charge is 0.189 e. The van der Waals surface area contributed by atoms with Crippen molar-refractivity contribution in [2.24, 2.45) is 0 Å². The number of hydrogen-bond donors (Lipinski definition) is 0. The zero-order valence-electron chi connectivity index (χ0n) is 10.3. The Kier molecular flexibility index (Phi) is 2.59. The lowest BCUT2D eigenvalue weighted by atomic mass is 10.1. The van der Waals surface area contributed by atoms with Gasteiger partial charge >= 0.3 is 0 Å². The maximum atomic E-state index is 12.2. The summed E-state index contributed by atoms with van der Waals surface area (Å²) in [6, 6.07) is 9.74. The van der Waals surface area contributed by atoms with Crippen LogP contribution in [0.5, 0.6) is 0 Å². The van der Waals surface area contributed by atoms with Crippen LogP contribution in [0, 0.1) is 0 Å². The van der Waals surface area contributed by atoms with Crippen LogP contribution >= 0.6 is 0 Å². The normalized spacial score (nSPS) is 16.3. The lowest BCUT2D eigenvalue weighted by molar-refractivity contribution is 0.104. The van der Waals surface area contributed by atoms with Gasteiger partial charge in [0.2, 0.25) is 0 Å². The van der Waals surface area contributed by atoms with E-state index in [1.807, 2.05) is 48.0 Å². The third-order valence-electron chi connectivity index (χ3n) is 3.31. The van der Waals surface area contributed by atoms with Gasteiger partial charge in [0, 0.05) is 30.3 Å². The zero-order chi connectivity index (χ0) is 12.5. The van der Waals surface area contributed by atoms with E-state index < -0.39 is 0 Å². The highest BCUT2D eigenvalue weighted by atomic mass is 16.1. The lowest BCUT2D eigenvalue weighted by Gasteiger charge is -2.00. The van der Waals surface area contributed by atoms with E-state index in [4.69, 9.17) is 0 Å². The van der Waals surface area contributed by atoms with E-state index in [-0.39, 0.29) is 5.78 Å². The average Bonchev–Trinajstić information content (AvgIpc) is 2.96. The van der Waals surface area contributed by atoms with Crippen molar-refractivity contribution in [3.63, 3.8) is 0 Å². The number of hydrogen-bond acceptors (Lipinski definition) is 2. The molecule has 3 heteroatoms. The lowest BCUT2D eigenvalue weighted by Crippen LogP contribution is -2.01. The number of Topliss-reactive ketones (excluding diaryl/α,β-unsaturated/α-hetero) is 1. The Balaban J connectivity index is 1.99. The Morgan fingerprint density at radius 2 is 2.17 bits per heavy atom. The standard InChI is InChI=1S/C15H14N2O/c1-2-17-13(7-8-16-17)10-12-9-11-5-3-4-6-14(11)15(12)18/h3-8,10H,2,9H2,1H3/b12-10+. The van der Waals surface area contributed by atoms with Crippen molar-refractivity contribution in [2.45, 2.75) is 19.9 Å². The number of carbonyl (C=O) groups is 1. The second-order valence-corrected chi connectivity index (χ2v) is 4.40. The van der Waals surface area contributed by atoms with Crippen molar-refractivity contribution >= 4 is 11.9 Å². The first-order valence-corrected chi connectivity index (χ1v) is 6.14. The summed E-state index contributed by atoms with van der Waals surface area (Å²) in [6.45, 7) is 2.85. The number of rotatable bonds is 2. The molecule has 2 aromatic rings. The van der Waals surface area contributed by atoms with Gasteiger partial charge in [0.1, 0.15) is 0 Å². The third-order valence-corrected chi connectivity index (χ3v) is 3.31. The van der Waals surface area contributed by atoms with Crippen LogP contribution in [0.15, 0.2) is 42.1 Å². The van der Waals surface area contributed by atoms with Gasteiger partial charge in [0.15, 0.2) is 5.78 Å². The molecule has 0 bridgehead atoms. The number of benzene rings is 1. The summed E-state index contributed by atoms with van der Waals surface area (Å²) in [5.41, 5.74) is 3.81. The maximum absolute atomic E-state index is 12.2. The molecule has 0 spiro atoms. The van der Waals surface area contributed by atoms with Gasteiger partial charge in [-0.2, -0.15) is 5.10 Å². The average molecular weight is 238 g/mol. The summed E-state index contributed by atoms with van der Waals surface area (Å²) >= 11 is 0. The second kappa shape index (κ2) is 4.26. The molecule has 3 rings (SSSR count). The molecule has 0 unspecified atom stereocenters. The van der Waals surface area contributed by atoms with Crippen molar-refractivity contribution in [1.82, 2.24) is 9.78 Å². The topological polar surface area (TPSA) is 34.9 Å². The predicted octanol–water partition coefficient (Wildman–Crippen LogP) is 2.73. The van der Waals surface area contributed by atoms with Crippen LogP contribution in [0.2, 0.25) is 0 Å². The third kappa shape index (κ3) is 1.68. The molecule has 0 fully saturated rings. The fourth-order valence-corrected chi connectivity index (χ4v) is 2.38. The SMILES string of the molecule is CCn1nccc1/C=C1\Cc2ccccc2C1=O. The van der Waals surface area contributed by atoms with Gasteiger partial charge in [-0.25, -0.2) is 0 Å². The van der Waals surface area contributed by atoms with E-state index in [1.165, 1.54) is 0 Å². The molecular weight excluding hydrogens is 224 g/mol. The van der Waals surface area contributed by atoms with E-state index >= 15 is 0 Å². The molecule has 3 nitrogen and oxygen atoms in total. The van der Waals surface area contributed by atoms with Crippen molar-refractivity contribution in [1.29, 1.82) is 0 Å². The quantitative estimate of drug-likeness (QED) is 0.754. The summed E-state index contributed by atoms with van der Waals surface area (Å²) in [5.74, 6) is 0.148. The largest absolute Gasteiger partial charge is 0.289 e. The molecule has 1 heterocycles. The molecule has 0 aliphatic heterocycles. The predicted molar refractivity (Wildman–Crippen MR) is 70.4 cm³/mol. The number of fused-ring (bicyclic) bond motifs is 1. The zero-order valence-corrected chi connectivity index (χ0v) is 10.3. The number of allylic oxidation sites excluding steroid dienone is 1. The molecule has 1 aliphatic rings. The highest BCUT2D eigenvalue weighted by molar-refractivity contribution is 6.15. The van der Waals surface area contributed by atoms with Crippen molar-refractivity contribution in [2.75, 3.05) is 0 Å². The van der Waals surface area contributed by atoms with E-state index in [0.717, 1.165) is 35.4 Å². The van der Waals surface area contributed by atoms with Crippen LogP contribution < -0.4 is 0 Å². The van der Waals surface area contributed by atoms with Crippen LogP contribution in [0.25, 0.3) is 6.08 Å². The summed E-state index contributed by atoms with van der Waals surface area (Å²) < 4.78 is 1.89. The minimum absolute atomic E-state index is 0.148. The molecule has 0 N–H and O–H groups in total. The van der Waals surface area contributed by atoms with Crippen LogP contribution in [-0.4, -0.2) is 15.6 Å². The minimum Gasteiger partial charge on any atom is -0.289 e. The Bertz CT molecular complexity index is 637. The van der Waals surface area contributed by atoms with Gasteiger partial charge in [0.05, 0.1) is 5.69 Å². The summed E-state index contributed by atoms with van der Waals surface area (Å²) in [5, 5.41) is 4.21. The molecule has 1 aromatic heterocycles. The molecule has 0 saturated carbocycles. The molecule has 90 valence electrons. The Hall–Kier alpha value is -2.16. The molecule has 18 heavy (non-hydrogen) atoms. The van der Waals surface area contributed by atoms with E-state index in [9.17, 15) is 4.79 Å². The minimum atomic E-state index is 0.148. The van der Waals surface area contributed by atoms with Crippen molar-refractivity contribution in [3.05, 3.63) is 58.9 Å². The van der Waals surface area contributed by atoms with Crippen LogP contribution in [-0.2, 0) is 13.0 Å². The number of aromatic nitrogens is 2. The molecule has 0 atom stereocenters. The number of nitrogens with zero attached hydrogens (tertiary/aromatic N) is 2. The Morgan fingerprint density at radius 3 is 2.94 bits per heavy atom. The van der Waals surface area contributed by atoms with Crippen LogP contribution in [0.1, 0.15) is 28.5 Å². The van der Waals surface area contributed by atoms with Gasteiger partial charge < -0.3 is 0 Å². The van der Waals surface area contributed by atoms with Gasteiger partial charge in [-0.15, -0.1) is 0 Å². The summed E-state index contributed by atoms with van der Waals surface area (Å²) in [7, 11) is 0. The van der Waals surface area contributed by atoms with Crippen LogP contribution in [0.3, 0.4) is 0 Å². The fraction of sp³-hybridized carbons (Fsp3) is 0.200. The van der Waals surface area contributed by atoms with Gasteiger partial charge in [-0.1, -0.05) is 24.3 Å². The van der Waals surface area contributed by atoms with Crippen LogP contribution in [0.4, 0.5) is 0 Å². The summed E-state index contributed by atoms with van der Waals surface area (Å²) in [6.07, 6.45) is 4.45. The van der Waals surface area contributed by atoms with Gasteiger partial charge in [-0.3, -0.25) is 9.48 Å². The maximum Gasteiger partial charge on any atom is 0.189 e. The molecule has 0 radical (unpaired) electrons. The first-order valence-electron chi connectivity index (χ1n) is 6.14. The van der Waals surface area contributed by atoms with E-state index in [2.05, 4.69) is 5.10 Å². The number of ketones is 1. The van der Waals surface area contributed by atoms with E-state index in [1.54, 1.807) is 6.20 Å². The van der Waals surface area contributed by atoms with Gasteiger partial charge in [0.25, 0.3) is 0 Å². The number of carbonyl (C=O) groups excluding carboxylic acids is 1. The molecular formula is C15H14N2O. The molecule has 0 amide bonds. The van der Waals surface area contributed by atoms with E-state index in [0.29, 0.717) is 0 Å². The molecule has 0 saturated heterocycles. The fourth-order valence-electron chi connectivity index (χ4n) is 2.38. The van der Waals surface area contributed by atoms with Crippen molar-refractivity contribution in [3.8, 4) is 0 Å². The van der Waals surface area contributed by atoms with Gasteiger partial charge in [-0.05, 0) is 24.6 Å². The Labute approximate surface area is 106 Å². The second-order valence-electron chi connectivity index (χ2n) is 4.40. The summed E-state index contributed by atoms with van der Waals surface area (Å²) in [4.78, 5) is 12.2.